The standard InChI is InChI=1S/C16H13Cl2NOS/c17-13-3-6-15(18)16(11-13)21-10-9-20-14-4-1-12(2-5-14)7-8-19/h1-6,11H,7,9-10H2. The molecule has 0 radical (unpaired) electrons. The fourth-order valence-corrected chi connectivity index (χ4v) is 3.01. The van der Waals surface area contributed by atoms with Gasteiger partial charge in [0.1, 0.15) is 5.75 Å². The van der Waals surface area contributed by atoms with Crippen LogP contribution in [0.2, 0.25) is 10.0 Å². The van der Waals surface area contributed by atoms with E-state index < -0.39 is 0 Å². The van der Waals surface area contributed by atoms with Crippen molar-refractivity contribution >= 4 is 35.0 Å². The minimum absolute atomic E-state index is 0.420. The molecule has 0 spiro atoms. The lowest BCUT2D eigenvalue weighted by atomic mass is 10.2. The van der Waals surface area contributed by atoms with Gasteiger partial charge in [-0.2, -0.15) is 5.26 Å². The van der Waals surface area contributed by atoms with Crippen molar-refractivity contribution in [3.05, 3.63) is 58.1 Å². The van der Waals surface area contributed by atoms with Crippen LogP contribution in [0.5, 0.6) is 5.75 Å². The zero-order chi connectivity index (χ0) is 15.1. The highest BCUT2D eigenvalue weighted by Gasteiger charge is 2.02. The molecule has 0 amide bonds. The molecule has 2 aromatic rings. The summed E-state index contributed by atoms with van der Waals surface area (Å²) in [5.74, 6) is 1.58. The van der Waals surface area contributed by atoms with Gasteiger partial charge in [0, 0.05) is 15.7 Å². The minimum atomic E-state index is 0.420. The molecule has 2 nitrogen and oxygen atoms in total. The highest BCUT2D eigenvalue weighted by molar-refractivity contribution is 7.99. The van der Waals surface area contributed by atoms with Crippen LogP contribution in [0.25, 0.3) is 0 Å². The van der Waals surface area contributed by atoms with E-state index in [0.717, 1.165) is 22.0 Å². The summed E-state index contributed by atoms with van der Waals surface area (Å²) in [4.78, 5) is 0.956. The third-order valence-corrected chi connectivity index (χ3v) is 4.41. The molecule has 0 saturated heterocycles. The molecule has 0 unspecified atom stereocenters. The predicted molar refractivity (Wildman–Crippen MR) is 88.4 cm³/mol. The van der Waals surface area contributed by atoms with Gasteiger partial charge >= 0.3 is 0 Å². The Morgan fingerprint density at radius 3 is 2.57 bits per heavy atom. The molecule has 0 atom stereocenters. The maximum absolute atomic E-state index is 8.61. The lowest BCUT2D eigenvalue weighted by Crippen LogP contribution is -2.00. The van der Waals surface area contributed by atoms with E-state index in [2.05, 4.69) is 6.07 Å². The van der Waals surface area contributed by atoms with E-state index in [4.69, 9.17) is 33.2 Å². The van der Waals surface area contributed by atoms with E-state index in [0.29, 0.717) is 23.1 Å². The molecule has 0 heterocycles. The summed E-state index contributed by atoms with van der Waals surface area (Å²) >= 11 is 13.6. The molecule has 0 N–H and O–H groups in total. The normalized spacial score (nSPS) is 10.1. The number of nitrogens with zero attached hydrogens (tertiary/aromatic N) is 1. The monoisotopic (exact) mass is 337 g/mol. The summed E-state index contributed by atoms with van der Waals surface area (Å²) in [6.07, 6.45) is 0.420. The molecule has 0 aromatic heterocycles. The van der Waals surface area contributed by atoms with Gasteiger partial charge in [-0.05, 0) is 35.9 Å². The van der Waals surface area contributed by atoms with Gasteiger partial charge in [0.05, 0.1) is 24.1 Å². The van der Waals surface area contributed by atoms with E-state index in [9.17, 15) is 0 Å². The number of benzene rings is 2. The molecular weight excluding hydrogens is 325 g/mol. The number of hydrogen-bond donors (Lipinski definition) is 0. The van der Waals surface area contributed by atoms with Crippen LogP contribution in [0, 0.1) is 11.3 Å². The Balaban J connectivity index is 1.79. The van der Waals surface area contributed by atoms with E-state index >= 15 is 0 Å². The Bertz CT molecular complexity index is 638. The molecule has 0 aliphatic heterocycles. The van der Waals surface area contributed by atoms with Crippen molar-refractivity contribution in [2.75, 3.05) is 12.4 Å². The first kappa shape index (κ1) is 16.0. The van der Waals surface area contributed by atoms with Crippen LogP contribution in [0.1, 0.15) is 5.56 Å². The second-order valence-corrected chi connectivity index (χ2v) is 6.23. The average Bonchev–Trinajstić information content (AvgIpc) is 2.49. The molecular formula is C16H13Cl2NOS. The van der Waals surface area contributed by atoms with E-state index in [-0.39, 0.29) is 0 Å². The summed E-state index contributed by atoms with van der Waals surface area (Å²) in [6, 6.07) is 15.1. The predicted octanol–water partition coefficient (Wildman–Crippen LogP) is 5.23. The lowest BCUT2D eigenvalue weighted by molar-refractivity contribution is 0.344. The Kier molecular flexibility index (Phi) is 6.25. The largest absolute Gasteiger partial charge is 0.493 e. The summed E-state index contributed by atoms with van der Waals surface area (Å²) < 4.78 is 5.65. The first-order valence-corrected chi connectivity index (χ1v) is 8.10. The zero-order valence-corrected chi connectivity index (χ0v) is 13.5. The first-order valence-electron chi connectivity index (χ1n) is 6.35. The van der Waals surface area contributed by atoms with Gasteiger partial charge in [-0.1, -0.05) is 35.3 Å². The maximum atomic E-state index is 8.61. The molecule has 0 aliphatic rings. The average molecular weight is 338 g/mol. The fourth-order valence-electron chi connectivity index (χ4n) is 1.69. The van der Waals surface area contributed by atoms with Crippen molar-refractivity contribution in [3.63, 3.8) is 0 Å². The first-order chi connectivity index (χ1) is 10.2. The van der Waals surface area contributed by atoms with Crippen molar-refractivity contribution in [3.8, 4) is 11.8 Å². The Morgan fingerprint density at radius 2 is 1.86 bits per heavy atom. The third-order valence-electron chi connectivity index (χ3n) is 2.71. The van der Waals surface area contributed by atoms with Crippen LogP contribution >= 0.6 is 35.0 Å². The molecule has 2 aromatic carbocycles. The molecule has 2 rings (SSSR count). The topological polar surface area (TPSA) is 33.0 Å². The summed E-state index contributed by atoms with van der Waals surface area (Å²) in [5, 5.41) is 9.98. The number of nitriles is 1. The van der Waals surface area contributed by atoms with Crippen LogP contribution in [-0.2, 0) is 6.42 Å². The summed E-state index contributed by atoms with van der Waals surface area (Å²) in [6.45, 7) is 0.575. The molecule has 5 heteroatoms. The van der Waals surface area contributed by atoms with Crippen molar-refractivity contribution in [1.82, 2.24) is 0 Å². The number of ether oxygens (including phenoxy) is 1. The van der Waals surface area contributed by atoms with Gasteiger partial charge in [-0.3, -0.25) is 0 Å². The van der Waals surface area contributed by atoms with E-state index in [1.54, 1.807) is 23.9 Å². The zero-order valence-electron chi connectivity index (χ0n) is 11.2. The number of rotatable bonds is 6. The Hall–Kier alpha value is -1.34. The molecule has 0 aliphatic carbocycles. The van der Waals surface area contributed by atoms with E-state index in [1.165, 1.54) is 0 Å². The molecule has 108 valence electrons. The van der Waals surface area contributed by atoms with E-state index in [1.807, 2.05) is 30.3 Å². The van der Waals surface area contributed by atoms with Crippen molar-refractivity contribution < 1.29 is 4.74 Å². The highest BCUT2D eigenvalue weighted by atomic mass is 35.5. The quantitative estimate of drug-likeness (QED) is 0.534. The maximum Gasteiger partial charge on any atom is 0.119 e. The Morgan fingerprint density at radius 1 is 1.10 bits per heavy atom. The fraction of sp³-hybridized carbons (Fsp3) is 0.188. The Labute approximate surface area is 138 Å². The van der Waals surface area contributed by atoms with Gasteiger partial charge in [0.25, 0.3) is 0 Å². The van der Waals surface area contributed by atoms with Crippen LogP contribution in [0.15, 0.2) is 47.4 Å². The van der Waals surface area contributed by atoms with Crippen molar-refractivity contribution in [2.24, 2.45) is 0 Å². The minimum Gasteiger partial charge on any atom is -0.493 e. The smallest absolute Gasteiger partial charge is 0.119 e. The summed E-state index contributed by atoms with van der Waals surface area (Å²) in [7, 11) is 0. The highest BCUT2D eigenvalue weighted by Crippen LogP contribution is 2.29. The molecule has 21 heavy (non-hydrogen) atoms. The van der Waals surface area contributed by atoms with Gasteiger partial charge < -0.3 is 4.74 Å². The van der Waals surface area contributed by atoms with Crippen LogP contribution in [0.4, 0.5) is 0 Å². The van der Waals surface area contributed by atoms with Crippen LogP contribution < -0.4 is 4.74 Å². The second kappa shape index (κ2) is 8.19. The lowest BCUT2D eigenvalue weighted by Gasteiger charge is -2.07. The molecule has 0 bridgehead atoms. The van der Waals surface area contributed by atoms with Gasteiger partial charge in [-0.15, -0.1) is 11.8 Å². The SMILES string of the molecule is N#CCc1ccc(OCCSc2cc(Cl)ccc2Cl)cc1. The summed E-state index contributed by atoms with van der Waals surface area (Å²) in [5.41, 5.74) is 0.991. The number of halogens is 2. The van der Waals surface area contributed by atoms with Crippen molar-refractivity contribution in [1.29, 1.82) is 5.26 Å². The van der Waals surface area contributed by atoms with Gasteiger partial charge in [0.15, 0.2) is 0 Å². The van der Waals surface area contributed by atoms with Crippen LogP contribution in [-0.4, -0.2) is 12.4 Å². The van der Waals surface area contributed by atoms with Gasteiger partial charge in [0.2, 0.25) is 0 Å². The van der Waals surface area contributed by atoms with Gasteiger partial charge in [-0.25, -0.2) is 0 Å². The molecule has 0 saturated carbocycles. The van der Waals surface area contributed by atoms with Crippen LogP contribution in [0.3, 0.4) is 0 Å². The van der Waals surface area contributed by atoms with Crippen molar-refractivity contribution in [2.45, 2.75) is 11.3 Å². The number of thioether (sulfide) groups is 1. The third kappa shape index (κ3) is 5.17. The number of hydrogen-bond acceptors (Lipinski definition) is 3. The second-order valence-electron chi connectivity index (χ2n) is 4.25. The molecule has 0 fully saturated rings.